The predicted molar refractivity (Wildman–Crippen MR) is 44.4 cm³/mol. The molecule has 0 amide bonds. The first-order chi connectivity index (χ1) is 4.98. The molecule has 64 valence electrons. The van der Waals surface area contributed by atoms with Gasteiger partial charge in [-0.05, 0) is 26.3 Å². The van der Waals surface area contributed by atoms with Crippen molar-refractivity contribution in [3.8, 4) is 0 Å². The van der Waals surface area contributed by atoms with E-state index in [-0.39, 0.29) is 6.61 Å². The van der Waals surface area contributed by atoms with Crippen LogP contribution >= 0.6 is 7.60 Å². The monoisotopic (exact) mass is 176 g/mol. The van der Waals surface area contributed by atoms with Crippen LogP contribution in [-0.2, 0) is 9.09 Å². The molecule has 0 bridgehead atoms. The lowest BCUT2D eigenvalue weighted by Crippen LogP contribution is -1.83. The van der Waals surface area contributed by atoms with Crippen molar-refractivity contribution in [3.63, 3.8) is 0 Å². The van der Waals surface area contributed by atoms with Gasteiger partial charge in [0, 0.05) is 0 Å². The second kappa shape index (κ2) is 4.53. The lowest BCUT2D eigenvalue weighted by atomic mass is 10.4. The Balaban J connectivity index is 4.36. The summed E-state index contributed by atoms with van der Waals surface area (Å²) < 4.78 is 15.5. The van der Waals surface area contributed by atoms with Gasteiger partial charge in [-0.1, -0.05) is 0 Å². The van der Waals surface area contributed by atoms with Crippen molar-refractivity contribution >= 4 is 7.60 Å². The molecule has 0 aliphatic carbocycles. The molecule has 0 saturated heterocycles. The normalized spacial score (nSPS) is 14.9. The highest BCUT2D eigenvalue weighted by molar-refractivity contribution is 7.56. The summed E-state index contributed by atoms with van der Waals surface area (Å²) >= 11 is 0. The van der Waals surface area contributed by atoms with Gasteiger partial charge in [0.1, 0.15) is 0 Å². The van der Waals surface area contributed by atoms with Crippen molar-refractivity contribution in [3.05, 3.63) is 17.1 Å². The topological polar surface area (TPSA) is 46.5 Å². The molecular formula is C7H13O3P. The lowest BCUT2D eigenvalue weighted by molar-refractivity contribution is 0.283. The molecule has 0 aliphatic rings. The maximum atomic E-state index is 10.9. The van der Waals surface area contributed by atoms with E-state index in [1.165, 1.54) is 0 Å². The van der Waals surface area contributed by atoms with E-state index in [1.807, 2.05) is 0 Å². The molecule has 1 atom stereocenters. The molecule has 4 heteroatoms. The van der Waals surface area contributed by atoms with E-state index in [9.17, 15) is 4.57 Å². The molecule has 0 radical (unpaired) electrons. The smallest absolute Gasteiger partial charge is 0.321 e. The molecule has 0 aromatic heterocycles. The van der Waals surface area contributed by atoms with E-state index in [0.29, 0.717) is 0 Å². The Labute approximate surface area is 66.9 Å². The first-order valence-electron chi connectivity index (χ1n) is 3.36. The molecular weight excluding hydrogens is 163 g/mol. The minimum atomic E-state index is -3.50. The molecule has 11 heavy (non-hydrogen) atoms. The molecule has 1 unspecified atom stereocenters. The Morgan fingerprint density at radius 3 is 2.64 bits per heavy atom. The van der Waals surface area contributed by atoms with E-state index in [2.05, 4.69) is 10.3 Å². The quantitative estimate of drug-likeness (QED) is 0.530. The first-order valence-corrected chi connectivity index (χ1v) is 5.00. The van der Waals surface area contributed by atoms with Crippen LogP contribution in [0.1, 0.15) is 20.8 Å². The number of hydrogen-bond donors (Lipinski definition) is 1. The van der Waals surface area contributed by atoms with Gasteiger partial charge in [-0.3, -0.25) is 4.57 Å². The Bertz CT molecular complexity index is 222. The summed E-state index contributed by atoms with van der Waals surface area (Å²) in [6.45, 7) is 5.48. The van der Waals surface area contributed by atoms with Gasteiger partial charge in [-0.2, -0.15) is 0 Å². The summed E-state index contributed by atoms with van der Waals surface area (Å²) in [7, 11) is -3.50. The van der Waals surface area contributed by atoms with Crippen molar-refractivity contribution in [2.24, 2.45) is 0 Å². The average Bonchev–Trinajstić information content (AvgIpc) is 1.84. The minimum Gasteiger partial charge on any atom is -0.321 e. The van der Waals surface area contributed by atoms with Crippen LogP contribution in [0.15, 0.2) is 17.1 Å². The van der Waals surface area contributed by atoms with Crippen LogP contribution < -0.4 is 0 Å². The zero-order valence-electron chi connectivity index (χ0n) is 7.00. The molecule has 0 aromatic rings. The van der Waals surface area contributed by atoms with Crippen LogP contribution in [0.5, 0.6) is 0 Å². The molecule has 1 N–H and O–H groups in total. The third-order valence-electron chi connectivity index (χ3n) is 0.830. The fourth-order valence-corrected chi connectivity index (χ4v) is 1.30. The second-order valence-electron chi connectivity index (χ2n) is 2.26. The Morgan fingerprint density at radius 2 is 2.27 bits per heavy atom. The molecule has 0 aliphatic heterocycles. The summed E-state index contributed by atoms with van der Waals surface area (Å²) in [5.41, 5.74) is 3.47. The lowest BCUT2D eigenvalue weighted by Gasteiger charge is -2.02. The minimum absolute atomic E-state index is 0.231. The van der Waals surface area contributed by atoms with Gasteiger partial charge in [0.25, 0.3) is 0 Å². The fraction of sp³-hybridized carbons (Fsp3) is 0.571. The van der Waals surface area contributed by atoms with Crippen LogP contribution in [0.4, 0.5) is 0 Å². The second-order valence-corrected chi connectivity index (χ2v) is 3.90. The summed E-state index contributed by atoms with van der Waals surface area (Å²) in [5, 5.41) is 0. The Morgan fingerprint density at radius 1 is 1.73 bits per heavy atom. The molecule has 3 nitrogen and oxygen atoms in total. The summed E-state index contributed by atoms with van der Waals surface area (Å²) in [6.07, 6.45) is 0. The standard InChI is InChI=1S/C7H13O3P/c1-4-10-11(8,9)6-5-7(2)3/h6H,4H2,1-3H3,(H,8,9). The van der Waals surface area contributed by atoms with E-state index >= 15 is 0 Å². The fourth-order valence-electron chi connectivity index (χ4n) is 0.433. The first kappa shape index (κ1) is 10.7. The number of hydrogen-bond acceptors (Lipinski definition) is 2. The van der Waals surface area contributed by atoms with Crippen LogP contribution in [0, 0.1) is 0 Å². The highest BCUT2D eigenvalue weighted by Gasteiger charge is 2.11. The summed E-state index contributed by atoms with van der Waals surface area (Å²) in [6, 6.07) is 0. The predicted octanol–water partition coefficient (Wildman–Crippen LogP) is 2.29. The molecule has 0 heterocycles. The Hall–Kier alpha value is -0.330. The highest BCUT2D eigenvalue weighted by Crippen LogP contribution is 2.42. The maximum absolute atomic E-state index is 10.9. The zero-order valence-corrected chi connectivity index (χ0v) is 7.89. The van der Waals surface area contributed by atoms with E-state index < -0.39 is 7.60 Å². The van der Waals surface area contributed by atoms with E-state index in [1.54, 1.807) is 20.8 Å². The van der Waals surface area contributed by atoms with Gasteiger partial charge in [-0.15, -0.1) is 5.73 Å². The number of allylic oxidation sites excluding steroid dienone is 1. The van der Waals surface area contributed by atoms with Gasteiger partial charge < -0.3 is 9.42 Å². The van der Waals surface area contributed by atoms with Gasteiger partial charge >= 0.3 is 7.60 Å². The molecule has 0 aromatic carbocycles. The third kappa shape index (κ3) is 6.08. The number of rotatable bonds is 3. The van der Waals surface area contributed by atoms with Crippen molar-refractivity contribution < 1.29 is 14.0 Å². The van der Waals surface area contributed by atoms with Gasteiger partial charge in [0.2, 0.25) is 0 Å². The van der Waals surface area contributed by atoms with Crippen LogP contribution in [0.2, 0.25) is 0 Å². The molecule has 0 saturated carbocycles. The molecule has 0 spiro atoms. The van der Waals surface area contributed by atoms with Crippen molar-refractivity contribution in [2.75, 3.05) is 6.61 Å². The molecule has 0 rings (SSSR count). The van der Waals surface area contributed by atoms with Crippen LogP contribution in [0.25, 0.3) is 0 Å². The SMILES string of the molecule is CCOP(=O)(O)C=C=C(C)C. The van der Waals surface area contributed by atoms with Crippen LogP contribution in [0.3, 0.4) is 0 Å². The third-order valence-corrected chi connectivity index (χ3v) is 1.91. The Kier molecular flexibility index (Phi) is 4.39. The van der Waals surface area contributed by atoms with Crippen molar-refractivity contribution in [1.29, 1.82) is 0 Å². The maximum Gasteiger partial charge on any atom is 0.359 e. The van der Waals surface area contributed by atoms with E-state index in [0.717, 1.165) is 11.4 Å². The summed E-state index contributed by atoms with van der Waals surface area (Å²) in [5.74, 6) is 1.08. The average molecular weight is 176 g/mol. The zero-order chi connectivity index (χ0) is 8.91. The van der Waals surface area contributed by atoms with E-state index in [4.69, 9.17) is 4.89 Å². The van der Waals surface area contributed by atoms with Gasteiger partial charge in [-0.25, -0.2) is 0 Å². The molecule has 0 fully saturated rings. The highest BCUT2D eigenvalue weighted by atomic mass is 31.2. The van der Waals surface area contributed by atoms with Crippen molar-refractivity contribution in [1.82, 2.24) is 0 Å². The largest absolute Gasteiger partial charge is 0.359 e. The summed E-state index contributed by atoms with van der Waals surface area (Å²) in [4.78, 5) is 8.97. The van der Waals surface area contributed by atoms with Crippen LogP contribution in [-0.4, -0.2) is 11.5 Å². The van der Waals surface area contributed by atoms with Gasteiger partial charge in [0.05, 0.1) is 12.4 Å². The van der Waals surface area contributed by atoms with Gasteiger partial charge in [0.15, 0.2) is 0 Å². The van der Waals surface area contributed by atoms with Crippen molar-refractivity contribution in [2.45, 2.75) is 20.8 Å².